The van der Waals surface area contributed by atoms with Crippen molar-refractivity contribution in [3.05, 3.63) is 129 Å². The number of ether oxygens (including phenoxy) is 2. The molecule has 0 saturated heterocycles. The zero-order chi connectivity index (χ0) is 57.3. The molecule has 9 N–H and O–H groups in total. The van der Waals surface area contributed by atoms with E-state index in [9.17, 15) is 33.6 Å². The first kappa shape index (κ1) is 63.0. The van der Waals surface area contributed by atoms with E-state index in [1.54, 1.807) is 12.1 Å². The third-order valence-corrected chi connectivity index (χ3v) is 14.4. The van der Waals surface area contributed by atoms with E-state index >= 15 is 0 Å². The molecule has 428 valence electrons. The van der Waals surface area contributed by atoms with Gasteiger partial charge in [-0.15, -0.1) is 0 Å². The van der Waals surface area contributed by atoms with Crippen LogP contribution in [0.5, 0.6) is 11.5 Å². The number of halogens is 2. The number of carbonyl (C=O) groups is 7. The molecule has 19 heteroatoms. The van der Waals surface area contributed by atoms with Gasteiger partial charge in [0.25, 0.3) is 0 Å². The number of aryl methyl sites for hydroxylation is 2. The summed E-state index contributed by atoms with van der Waals surface area (Å²) in [7, 11) is 0. The Balaban J connectivity index is 0.000000291. The van der Waals surface area contributed by atoms with Crippen LogP contribution in [0.25, 0.3) is 0 Å². The first-order valence-corrected chi connectivity index (χ1v) is 28.4. The molecule has 0 fully saturated rings. The molecule has 0 bridgehead atoms. The fraction of sp³-hybridized carbons (Fsp3) is 0.483. The second-order valence-corrected chi connectivity index (χ2v) is 21.7. The number of carbonyl (C=O) groups excluding carboxylic acids is 7. The minimum absolute atomic E-state index is 0.152. The SMILES string of the molecule is CC(C)[C@H]1NC(=O)[C@@H](Cc2ccc(Cl)cc2)CCCOc2ccccc2CCCNC(=O)[C@H](CNC(N)=O)NC1=O.CC[C@@H]1NC(=O)[C@@H](C(C)C)NC(=O)[C@@H](Cc2ccc(Cl)cc2)CCCOc2ccccc2CCCNC1=O. The molecule has 2 heterocycles. The standard InChI is InChI=1S/C30H40ClN5O5.C30H40ClN3O4/c1-19(2)26-29(39)35-24(18-34-30(32)40)28(38)33-15-5-8-21-7-3-4-10-25(21)41-16-6-9-22(27(37)36-26)17-20-11-13-23(31)14-12-20;1-4-25-29(36)32-17-7-10-22-9-5-6-12-26(22)38-18-8-11-23(19-21-13-15-24(31)16-14-21)28(35)34-27(20(2)3)30(37)33-25/h3-4,7,10-14,19,22,24,26H,5-6,8-9,15-18H2,1-2H3,(H,33,38)(H,35,39)(H,36,37)(H3,32,34,40);5-6,9,12-16,20,23,25,27H,4,7-8,10-11,17-19H2,1-3H3,(H,32,36)(H,33,37)(H,34,35)/t22-,24+,26-;23-,25+,27-/m11/s1. The second-order valence-electron chi connectivity index (χ2n) is 20.8. The summed E-state index contributed by atoms with van der Waals surface area (Å²) >= 11 is 12.1. The molecule has 4 aromatic carbocycles. The van der Waals surface area contributed by atoms with E-state index in [4.69, 9.17) is 38.4 Å². The summed E-state index contributed by atoms with van der Waals surface area (Å²) in [4.78, 5) is 90.8. The van der Waals surface area contributed by atoms with Crippen molar-refractivity contribution in [2.45, 2.75) is 129 Å². The molecular formula is C60H80Cl2N8O9. The van der Waals surface area contributed by atoms with E-state index in [0.29, 0.717) is 94.1 Å². The molecular weight excluding hydrogens is 1050 g/mol. The average molecular weight is 1130 g/mol. The van der Waals surface area contributed by atoms with Gasteiger partial charge in [0.05, 0.1) is 13.2 Å². The number of benzene rings is 4. The quantitative estimate of drug-likeness (QED) is 0.0845. The maximum atomic E-state index is 13.6. The molecule has 17 nitrogen and oxygen atoms in total. The topological polar surface area (TPSA) is 248 Å². The second kappa shape index (κ2) is 32.9. The molecule has 2 aliphatic rings. The Morgan fingerprint density at radius 2 is 0.962 bits per heavy atom. The van der Waals surface area contributed by atoms with Crippen LogP contribution in [-0.2, 0) is 54.5 Å². The number of para-hydroxylation sites is 2. The Morgan fingerprint density at radius 1 is 0.557 bits per heavy atom. The van der Waals surface area contributed by atoms with Crippen molar-refractivity contribution in [2.24, 2.45) is 29.4 Å². The number of nitrogens with one attached hydrogen (secondary N) is 7. The number of fused-ring (bicyclic) bond motifs is 2. The lowest BCUT2D eigenvalue weighted by atomic mass is 9.92. The summed E-state index contributed by atoms with van der Waals surface area (Å²) < 4.78 is 12.2. The summed E-state index contributed by atoms with van der Waals surface area (Å²) in [6, 6.07) is 26.3. The van der Waals surface area contributed by atoms with E-state index < -0.39 is 47.9 Å². The highest BCUT2D eigenvalue weighted by molar-refractivity contribution is 6.30. The predicted molar refractivity (Wildman–Crippen MR) is 308 cm³/mol. The Morgan fingerprint density at radius 3 is 1.37 bits per heavy atom. The van der Waals surface area contributed by atoms with Crippen LogP contribution in [0.15, 0.2) is 97.1 Å². The highest BCUT2D eigenvalue weighted by Crippen LogP contribution is 2.25. The zero-order valence-electron chi connectivity index (χ0n) is 46.2. The molecule has 4 aromatic rings. The fourth-order valence-corrected chi connectivity index (χ4v) is 9.57. The van der Waals surface area contributed by atoms with Gasteiger partial charge >= 0.3 is 6.03 Å². The van der Waals surface area contributed by atoms with E-state index in [1.165, 1.54) is 0 Å². The van der Waals surface area contributed by atoms with Gasteiger partial charge < -0.3 is 52.4 Å². The molecule has 0 aliphatic carbocycles. The predicted octanol–water partition coefficient (Wildman–Crippen LogP) is 7.17. The third-order valence-electron chi connectivity index (χ3n) is 13.9. The van der Waals surface area contributed by atoms with Crippen LogP contribution < -0.4 is 52.4 Å². The van der Waals surface area contributed by atoms with Crippen molar-refractivity contribution in [2.75, 3.05) is 32.8 Å². The van der Waals surface area contributed by atoms with Gasteiger partial charge in [-0.3, -0.25) is 28.8 Å². The minimum Gasteiger partial charge on any atom is -0.493 e. The molecule has 0 saturated carbocycles. The van der Waals surface area contributed by atoms with E-state index in [1.807, 2.05) is 120 Å². The van der Waals surface area contributed by atoms with Gasteiger partial charge in [-0.1, -0.05) is 118 Å². The number of nitrogens with two attached hydrogens (primary N) is 1. The lowest BCUT2D eigenvalue weighted by Gasteiger charge is -2.27. The Bertz CT molecular complexity index is 2620. The summed E-state index contributed by atoms with van der Waals surface area (Å²) in [5.41, 5.74) is 9.25. The maximum Gasteiger partial charge on any atom is 0.312 e. The lowest BCUT2D eigenvalue weighted by Crippen LogP contribution is -2.59. The van der Waals surface area contributed by atoms with E-state index in [-0.39, 0.29) is 47.9 Å². The summed E-state index contributed by atoms with van der Waals surface area (Å²) in [5, 5.41) is 20.8. The number of primary amides is 1. The number of hydrogen-bond acceptors (Lipinski definition) is 9. The van der Waals surface area contributed by atoms with Gasteiger partial charge in [0.1, 0.15) is 35.7 Å². The van der Waals surface area contributed by atoms with E-state index in [0.717, 1.165) is 46.6 Å². The molecule has 0 aromatic heterocycles. The van der Waals surface area contributed by atoms with Crippen LogP contribution in [0.2, 0.25) is 10.0 Å². The molecule has 8 amide bonds. The highest BCUT2D eigenvalue weighted by atomic mass is 35.5. The van der Waals surface area contributed by atoms with Crippen LogP contribution in [0, 0.1) is 23.7 Å². The molecule has 79 heavy (non-hydrogen) atoms. The molecule has 0 radical (unpaired) electrons. The number of rotatable bonds is 9. The van der Waals surface area contributed by atoms with Crippen LogP contribution >= 0.6 is 23.2 Å². The average Bonchev–Trinajstić information content (AvgIpc) is 3.42. The van der Waals surface area contributed by atoms with E-state index in [2.05, 4.69) is 37.2 Å². The van der Waals surface area contributed by atoms with Crippen LogP contribution in [0.1, 0.15) is 102 Å². The molecule has 6 rings (SSSR count). The largest absolute Gasteiger partial charge is 0.493 e. The first-order chi connectivity index (χ1) is 37.9. The molecule has 0 unspecified atom stereocenters. The first-order valence-electron chi connectivity index (χ1n) is 27.6. The monoisotopic (exact) mass is 1130 g/mol. The van der Waals surface area contributed by atoms with Crippen LogP contribution in [0.4, 0.5) is 4.79 Å². The number of urea groups is 1. The number of hydrogen-bond donors (Lipinski definition) is 8. The summed E-state index contributed by atoms with van der Waals surface area (Å²) in [5.74, 6) is -1.62. The Kier molecular flexibility index (Phi) is 26.2. The normalized spacial score (nSPS) is 21.7. The van der Waals surface area contributed by atoms with Gasteiger partial charge in [-0.25, -0.2) is 4.79 Å². The Hall–Kier alpha value is -6.85. The van der Waals surface area contributed by atoms with Crippen molar-refractivity contribution in [1.82, 2.24) is 37.2 Å². The number of amides is 8. The molecule has 0 spiro atoms. The van der Waals surface area contributed by atoms with Crippen molar-refractivity contribution in [3.8, 4) is 11.5 Å². The van der Waals surface area contributed by atoms with Crippen molar-refractivity contribution in [1.29, 1.82) is 0 Å². The Labute approximate surface area is 475 Å². The van der Waals surface area contributed by atoms with Crippen LogP contribution in [0.3, 0.4) is 0 Å². The van der Waals surface area contributed by atoms with Gasteiger partial charge in [-0.2, -0.15) is 0 Å². The maximum absolute atomic E-state index is 13.6. The lowest BCUT2D eigenvalue weighted by molar-refractivity contribution is -0.134. The smallest absolute Gasteiger partial charge is 0.312 e. The van der Waals surface area contributed by atoms with Gasteiger partial charge in [0, 0.05) is 41.5 Å². The van der Waals surface area contributed by atoms with Gasteiger partial charge in [0.15, 0.2) is 0 Å². The zero-order valence-corrected chi connectivity index (χ0v) is 47.7. The van der Waals surface area contributed by atoms with Crippen molar-refractivity contribution < 1.29 is 43.0 Å². The van der Waals surface area contributed by atoms with Gasteiger partial charge in [-0.05, 0) is 141 Å². The van der Waals surface area contributed by atoms with Crippen molar-refractivity contribution >= 4 is 64.7 Å². The fourth-order valence-electron chi connectivity index (χ4n) is 9.32. The minimum atomic E-state index is -1.08. The third kappa shape index (κ3) is 21.4. The van der Waals surface area contributed by atoms with Gasteiger partial charge in [0.2, 0.25) is 35.4 Å². The summed E-state index contributed by atoms with van der Waals surface area (Å²) in [6.07, 6.45) is 6.72. The summed E-state index contributed by atoms with van der Waals surface area (Å²) in [6.45, 7) is 10.8. The molecule has 6 atom stereocenters. The molecule has 2 aliphatic heterocycles. The highest BCUT2D eigenvalue weighted by Gasteiger charge is 2.33. The van der Waals surface area contributed by atoms with Crippen LogP contribution in [-0.4, -0.2) is 98.5 Å². The van der Waals surface area contributed by atoms with Crippen molar-refractivity contribution in [3.63, 3.8) is 0 Å².